The monoisotopic (exact) mass is 304 g/mol. The number of hydrogen-bond acceptors (Lipinski definition) is 4. The normalized spacial score (nSPS) is 17.5. The SMILES string of the molecule is CNC(c1cc2c(s1)CCSC2)C(C)c1ccncc1. The molecular weight excluding hydrogens is 284 g/mol. The number of hydrogen-bond donors (Lipinski definition) is 1. The van der Waals surface area contributed by atoms with Crippen molar-refractivity contribution in [2.75, 3.05) is 12.8 Å². The minimum atomic E-state index is 0.387. The zero-order valence-corrected chi connectivity index (χ0v) is 13.6. The molecule has 0 saturated heterocycles. The van der Waals surface area contributed by atoms with Gasteiger partial charge in [-0.3, -0.25) is 4.98 Å². The molecule has 0 amide bonds. The van der Waals surface area contributed by atoms with E-state index in [-0.39, 0.29) is 0 Å². The average molecular weight is 304 g/mol. The molecule has 3 heterocycles. The van der Waals surface area contributed by atoms with Crippen LogP contribution in [0.5, 0.6) is 0 Å². The van der Waals surface area contributed by atoms with E-state index in [1.54, 1.807) is 10.4 Å². The highest BCUT2D eigenvalue weighted by molar-refractivity contribution is 7.98. The lowest BCUT2D eigenvalue weighted by atomic mass is 9.93. The van der Waals surface area contributed by atoms with Gasteiger partial charge in [0.2, 0.25) is 0 Å². The summed E-state index contributed by atoms with van der Waals surface area (Å²) in [6.45, 7) is 2.30. The molecule has 0 saturated carbocycles. The summed E-state index contributed by atoms with van der Waals surface area (Å²) in [6, 6.07) is 7.06. The lowest BCUT2D eigenvalue weighted by molar-refractivity contribution is 0.515. The molecule has 1 aliphatic rings. The summed E-state index contributed by atoms with van der Waals surface area (Å²) in [5.41, 5.74) is 2.91. The van der Waals surface area contributed by atoms with E-state index in [9.17, 15) is 0 Å². The standard InChI is InChI=1S/C16H20N2S2/c1-11(12-3-6-18-7-4-12)16(17-2)15-9-13-10-19-8-5-14(13)20-15/h3-4,6-7,9,11,16-17H,5,8,10H2,1-2H3. The lowest BCUT2D eigenvalue weighted by Crippen LogP contribution is -2.21. The van der Waals surface area contributed by atoms with Gasteiger partial charge in [-0.2, -0.15) is 11.8 Å². The molecule has 20 heavy (non-hydrogen) atoms. The summed E-state index contributed by atoms with van der Waals surface area (Å²) in [6.07, 6.45) is 5.01. The van der Waals surface area contributed by atoms with E-state index in [0.29, 0.717) is 12.0 Å². The highest BCUT2D eigenvalue weighted by Crippen LogP contribution is 2.39. The van der Waals surface area contributed by atoms with Gasteiger partial charge < -0.3 is 5.32 Å². The Hall–Kier alpha value is -0.840. The molecule has 106 valence electrons. The first-order valence-corrected chi connectivity index (χ1v) is 9.03. The smallest absolute Gasteiger partial charge is 0.0479 e. The average Bonchev–Trinajstić information content (AvgIpc) is 2.92. The zero-order valence-electron chi connectivity index (χ0n) is 11.9. The molecule has 0 radical (unpaired) electrons. The number of nitrogens with one attached hydrogen (secondary N) is 1. The van der Waals surface area contributed by atoms with Crippen LogP contribution in [0, 0.1) is 0 Å². The largest absolute Gasteiger partial charge is 0.312 e. The Balaban J connectivity index is 1.88. The molecule has 0 aromatic carbocycles. The van der Waals surface area contributed by atoms with Gasteiger partial charge in [0.05, 0.1) is 0 Å². The van der Waals surface area contributed by atoms with Gasteiger partial charge in [-0.25, -0.2) is 0 Å². The Bertz CT molecular complexity index is 542. The summed E-state index contributed by atoms with van der Waals surface area (Å²) in [4.78, 5) is 7.19. The molecule has 2 aromatic heterocycles. The van der Waals surface area contributed by atoms with Gasteiger partial charge in [-0.1, -0.05) is 6.92 Å². The fraction of sp³-hybridized carbons (Fsp3) is 0.438. The van der Waals surface area contributed by atoms with Crippen molar-refractivity contribution in [1.82, 2.24) is 10.3 Å². The van der Waals surface area contributed by atoms with E-state index >= 15 is 0 Å². The highest BCUT2D eigenvalue weighted by atomic mass is 32.2. The topological polar surface area (TPSA) is 24.9 Å². The molecule has 2 unspecified atom stereocenters. The molecular formula is C16H20N2S2. The van der Waals surface area contributed by atoms with E-state index in [0.717, 1.165) is 0 Å². The summed E-state index contributed by atoms with van der Waals surface area (Å²) in [5, 5.41) is 3.51. The number of fused-ring (bicyclic) bond motifs is 1. The van der Waals surface area contributed by atoms with Crippen molar-refractivity contribution in [2.45, 2.75) is 31.1 Å². The van der Waals surface area contributed by atoms with Crippen LogP contribution in [0.4, 0.5) is 0 Å². The molecule has 1 N–H and O–H groups in total. The molecule has 0 fully saturated rings. The third kappa shape index (κ3) is 2.78. The minimum Gasteiger partial charge on any atom is -0.312 e. The van der Waals surface area contributed by atoms with Crippen LogP contribution in [0.25, 0.3) is 0 Å². The minimum absolute atomic E-state index is 0.387. The van der Waals surface area contributed by atoms with Crippen LogP contribution in [-0.4, -0.2) is 17.8 Å². The van der Waals surface area contributed by atoms with Gasteiger partial charge in [-0.15, -0.1) is 11.3 Å². The lowest BCUT2D eigenvalue weighted by Gasteiger charge is -2.22. The maximum Gasteiger partial charge on any atom is 0.0479 e. The second-order valence-corrected chi connectivity index (χ2v) is 7.51. The summed E-state index contributed by atoms with van der Waals surface area (Å²) in [7, 11) is 2.07. The highest BCUT2D eigenvalue weighted by Gasteiger charge is 2.23. The van der Waals surface area contributed by atoms with E-state index in [4.69, 9.17) is 0 Å². The first kappa shape index (κ1) is 14.1. The van der Waals surface area contributed by atoms with Crippen molar-refractivity contribution < 1.29 is 0 Å². The van der Waals surface area contributed by atoms with Crippen LogP contribution in [0.2, 0.25) is 0 Å². The molecule has 0 aliphatic carbocycles. The number of thiophene rings is 1. The predicted molar refractivity (Wildman–Crippen MR) is 88.6 cm³/mol. The van der Waals surface area contributed by atoms with Gasteiger partial charge in [0.15, 0.2) is 0 Å². The number of nitrogens with zero attached hydrogens (tertiary/aromatic N) is 1. The number of rotatable bonds is 4. The predicted octanol–water partition coefficient (Wildman–Crippen LogP) is 4.00. The maximum atomic E-state index is 4.12. The third-order valence-electron chi connectivity index (χ3n) is 4.00. The van der Waals surface area contributed by atoms with Gasteiger partial charge >= 0.3 is 0 Å². The number of aryl methyl sites for hydroxylation is 1. The molecule has 0 spiro atoms. The van der Waals surface area contributed by atoms with Crippen molar-refractivity contribution >= 4 is 23.1 Å². The Morgan fingerprint density at radius 3 is 2.80 bits per heavy atom. The van der Waals surface area contributed by atoms with Crippen LogP contribution >= 0.6 is 23.1 Å². The molecule has 3 rings (SSSR count). The van der Waals surface area contributed by atoms with Crippen molar-refractivity contribution in [1.29, 1.82) is 0 Å². The van der Waals surface area contributed by atoms with E-state index in [1.807, 2.05) is 23.7 Å². The Morgan fingerprint density at radius 2 is 2.10 bits per heavy atom. The van der Waals surface area contributed by atoms with Crippen molar-refractivity contribution in [2.24, 2.45) is 0 Å². The summed E-state index contributed by atoms with van der Waals surface area (Å²) in [5.74, 6) is 2.92. The first-order valence-electron chi connectivity index (χ1n) is 7.06. The Morgan fingerprint density at radius 1 is 1.30 bits per heavy atom. The van der Waals surface area contributed by atoms with Gasteiger partial charge in [0, 0.05) is 39.9 Å². The number of pyridine rings is 1. The second-order valence-electron chi connectivity index (χ2n) is 5.24. The number of thioether (sulfide) groups is 1. The van der Waals surface area contributed by atoms with E-state index in [2.05, 4.69) is 54.2 Å². The maximum absolute atomic E-state index is 4.12. The van der Waals surface area contributed by atoms with Crippen LogP contribution < -0.4 is 5.32 Å². The second kappa shape index (κ2) is 6.29. The zero-order chi connectivity index (χ0) is 13.9. The van der Waals surface area contributed by atoms with Crippen LogP contribution in [-0.2, 0) is 12.2 Å². The quantitative estimate of drug-likeness (QED) is 0.924. The molecule has 1 aliphatic heterocycles. The van der Waals surface area contributed by atoms with E-state index < -0.39 is 0 Å². The number of aromatic nitrogens is 1. The van der Waals surface area contributed by atoms with Gasteiger partial charge in [-0.05, 0) is 48.5 Å². The van der Waals surface area contributed by atoms with E-state index in [1.165, 1.54) is 28.4 Å². The van der Waals surface area contributed by atoms with Crippen molar-refractivity contribution in [3.8, 4) is 0 Å². The molecule has 0 bridgehead atoms. The molecule has 2 aromatic rings. The molecule has 2 atom stereocenters. The fourth-order valence-corrected chi connectivity index (χ4v) is 5.41. The first-order chi connectivity index (χ1) is 9.79. The fourth-order valence-electron chi connectivity index (χ4n) is 2.82. The summed E-state index contributed by atoms with van der Waals surface area (Å²) >= 11 is 4.05. The van der Waals surface area contributed by atoms with Gasteiger partial charge in [0.25, 0.3) is 0 Å². The number of likely N-dealkylation sites (N-methyl/N-ethyl adjacent to an activating group) is 1. The molecule has 4 heteroatoms. The van der Waals surface area contributed by atoms with Crippen LogP contribution in [0.15, 0.2) is 30.6 Å². The van der Waals surface area contributed by atoms with Crippen molar-refractivity contribution in [3.05, 3.63) is 51.5 Å². The van der Waals surface area contributed by atoms with Gasteiger partial charge in [0.1, 0.15) is 0 Å². The van der Waals surface area contributed by atoms with Crippen molar-refractivity contribution in [3.63, 3.8) is 0 Å². The van der Waals surface area contributed by atoms with Crippen LogP contribution in [0.1, 0.15) is 39.8 Å². The molecule has 2 nitrogen and oxygen atoms in total. The summed E-state index contributed by atoms with van der Waals surface area (Å²) < 4.78 is 0. The van der Waals surface area contributed by atoms with Crippen LogP contribution in [0.3, 0.4) is 0 Å². The Labute approximate surface area is 129 Å². The third-order valence-corrected chi connectivity index (χ3v) is 6.32. The Kier molecular flexibility index (Phi) is 4.44.